The molecule has 0 bridgehead atoms. The first-order valence-corrected chi connectivity index (χ1v) is 6.81. The van der Waals surface area contributed by atoms with Crippen molar-refractivity contribution >= 4 is 27.3 Å². The van der Waals surface area contributed by atoms with Gasteiger partial charge in [-0.05, 0) is 41.0 Å². The maximum Gasteiger partial charge on any atom is 0.208 e. The highest BCUT2D eigenvalue weighted by atomic mass is 79.9. The highest BCUT2D eigenvalue weighted by Crippen LogP contribution is 2.31. The van der Waals surface area contributed by atoms with Gasteiger partial charge in [0.1, 0.15) is 0 Å². The fourth-order valence-corrected chi connectivity index (χ4v) is 2.66. The van der Waals surface area contributed by atoms with Gasteiger partial charge in [0.25, 0.3) is 0 Å². The predicted octanol–water partition coefficient (Wildman–Crippen LogP) is 3.67. The van der Waals surface area contributed by atoms with Crippen molar-refractivity contribution in [1.29, 1.82) is 0 Å². The summed E-state index contributed by atoms with van der Waals surface area (Å²) in [5.41, 5.74) is 0. The molecule has 86 valence electrons. The number of hydrogen-bond acceptors (Lipinski definition) is 4. The summed E-state index contributed by atoms with van der Waals surface area (Å²) in [5.74, 6) is 1.58. The minimum atomic E-state index is 0.695. The fourth-order valence-electron chi connectivity index (χ4n) is 1.32. The van der Waals surface area contributed by atoms with Gasteiger partial charge < -0.3 is 9.73 Å². The average Bonchev–Trinajstić information content (AvgIpc) is 2.87. The first-order valence-electron chi connectivity index (χ1n) is 5.20. The second-order valence-electron chi connectivity index (χ2n) is 3.40. The van der Waals surface area contributed by atoms with Crippen molar-refractivity contribution in [2.75, 3.05) is 6.54 Å². The van der Waals surface area contributed by atoms with Crippen LogP contribution in [-0.4, -0.2) is 11.5 Å². The Morgan fingerprint density at radius 3 is 3.06 bits per heavy atom. The Bertz CT molecular complexity index is 452. The Morgan fingerprint density at radius 2 is 2.38 bits per heavy atom. The summed E-state index contributed by atoms with van der Waals surface area (Å²) >= 11 is 5.08. The molecule has 0 atom stereocenters. The molecular formula is C11H13BrN2OS. The molecular weight excluding hydrogens is 288 g/mol. The summed E-state index contributed by atoms with van der Waals surface area (Å²) in [5, 5.41) is 3.26. The first-order chi connectivity index (χ1) is 7.79. The Hall–Kier alpha value is -0.650. The van der Waals surface area contributed by atoms with Crippen LogP contribution in [0.1, 0.15) is 19.2 Å². The van der Waals surface area contributed by atoms with Crippen LogP contribution in [0.25, 0.3) is 10.6 Å². The number of oxazole rings is 1. The molecule has 0 fully saturated rings. The van der Waals surface area contributed by atoms with Crippen LogP contribution in [0.5, 0.6) is 0 Å². The average molecular weight is 301 g/mol. The van der Waals surface area contributed by atoms with Gasteiger partial charge in [0.15, 0.2) is 5.76 Å². The Kier molecular flexibility index (Phi) is 4.15. The summed E-state index contributed by atoms with van der Waals surface area (Å²) in [4.78, 5) is 5.33. The van der Waals surface area contributed by atoms with Crippen LogP contribution >= 0.6 is 27.3 Å². The predicted molar refractivity (Wildman–Crippen MR) is 69.5 cm³/mol. The largest absolute Gasteiger partial charge is 0.438 e. The molecule has 3 nitrogen and oxygen atoms in total. The van der Waals surface area contributed by atoms with E-state index in [0.717, 1.165) is 33.3 Å². The van der Waals surface area contributed by atoms with Crippen molar-refractivity contribution in [3.05, 3.63) is 28.0 Å². The zero-order valence-corrected chi connectivity index (χ0v) is 11.4. The van der Waals surface area contributed by atoms with E-state index in [9.17, 15) is 0 Å². The summed E-state index contributed by atoms with van der Waals surface area (Å²) < 4.78 is 6.75. The summed E-state index contributed by atoms with van der Waals surface area (Å²) in [6.07, 6.45) is 2.90. The standard InChI is InChI=1S/C11H13BrN2OS/c1-2-5-13-7-11-14-6-8(15-11)9-3-4-10(12)16-9/h3-4,6,13H,2,5,7H2,1H3. The van der Waals surface area contributed by atoms with Crippen molar-refractivity contribution in [1.82, 2.24) is 10.3 Å². The Morgan fingerprint density at radius 1 is 1.50 bits per heavy atom. The van der Waals surface area contributed by atoms with Crippen LogP contribution in [-0.2, 0) is 6.54 Å². The third-order valence-corrected chi connectivity index (χ3v) is 3.71. The molecule has 2 aromatic heterocycles. The normalized spacial score (nSPS) is 10.9. The molecule has 0 amide bonds. The number of hydrogen-bond donors (Lipinski definition) is 1. The monoisotopic (exact) mass is 300 g/mol. The van der Waals surface area contributed by atoms with Crippen molar-refractivity contribution in [2.24, 2.45) is 0 Å². The van der Waals surface area contributed by atoms with E-state index in [2.05, 4.69) is 33.2 Å². The molecule has 0 aliphatic heterocycles. The molecule has 5 heteroatoms. The molecule has 0 saturated carbocycles. The third kappa shape index (κ3) is 2.93. The highest BCUT2D eigenvalue weighted by molar-refractivity contribution is 9.11. The van der Waals surface area contributed by atoms with Crippen LogP contribution in [0.3, 0.4) is 0 Å². The van der Waals surface area contributed by atoms with E-state index in [1.165, 1.54) is 0 Å². The van der Waals surface area contributed by atoms with E-state index in [0.29, 0.717) is 6.54 Å². The SMILES string of the molecule is CCCNCc1ncc(-c2ccc(Br)s2)o1. The van der Waals surface area contributed by atoms with E-state index in [4.69, 9.17) is 4.42 Å². The van der Waals surface area contributed by atoms with Gasteiger partial charge in [-0.1, -0.05) is 6.92 Å². The van der Waals surface area contributed by atoms with Gasteiger partial charge in [-0.3, -0.25) is 0 Å². The second-order valence-corrected chi connectivity index (χ2v) is 5.86. The quantitative estimate of drug-likeness (QED) is 0.856. The topological polar surface area (TPSA) is 38.1 Å². The lowest BCUT2D eigenvalue weighted by atomic mass is 10.4. The Labute approximate surface area is 107 Å². The number of nitrogens with zero attached hydrogens (tertiary/aromatic N) is 1. The van der Waals surface area contributed by atoms with Crippen LogP contribution in [0.15, 0.2) is 26.5 Å². The fraction of sp³-hybridized carbons (Fsp3) is 0.364. The van der Waals surface area contributed by atoms with Crippen LogP contribution in [0, 0.1) is 0 Å². The summed E-state index contributed by atoms with van der Waals surface area (Å²) in [6, 6.07) is 4.04. The molecule has 0 saturated heterocycles. The Balaban J connectivity index is 2.02. The van der Waals surface area contributed by atoms with E-state index in [-0.39, 0.29) is 0 Å². The van der Waals surface area contributed by atoms with Crippen LogP contribution in [0.2, 0.25) is 0 Å². The maximum absolute atomic E-state index is 5.65. The van der Waals surface area contributed by atoms with Crippen LogP contribution in [0.4, 0.5) is 0 Å². The van der Waals surface area contributed by atoms with Gasteiger partial charge in [-0.15, -0.1) is 11.3 Å². The molecule has 0 unspecified atom stereocenters. The smallest absolute Gasteiger partial charge is 0.208 e. The molecule has 1 N–H and O–H groups in total. The van der Waals surface area contributed by atoms with E-state index in [1.54, 1.807) is 17.5 Å². The summed E-state index contributed by atoms with van der Waals surface area (Å²) in [7, 11) is 0. The zero-order chi connectivity index (χ0) is 11.4. The lowest BCUT2D eigenvalue weighted by Gasteiger charge is -1.97. The molecule has 16 heavy (non-hydrogen) atoms. The lowest BCUT2D eigenvalue weighted by Crippen LogP contribution is -2.13. The molecule has 0 aromatic carbocycles. The maximum atomic E-state index is 5.65. The number of thiophene rings is 1. The third-order valence-electron chi connectivity index (χ3n) is 2.07. The molecule has 2 heterocycles. The molecule has 2 rings (SSSR count). The van der Waals surface area contributed by atoms with Gasteiger partial charge in [0.05, 0.1) is 21.4 Å². The number of aromatic nitrogens is 1. The van der Waals surface area contributed by atoms with E-state index < -0.39 is 0 Å². The lowest BCUT2D eigenvalue weighted by molar-refractivity contribution is 0.478. The highest BCUT2D eigenvalue weighted by Gasteiger charge is 2.07. The number of rotatable bonds is 5. The van der Waals surface area contributed by atoms with Crippen molar-refractivity contribution in [2.45, 2.75) is 19.9 Å². The summed E-state index contributed by atoms with van der Waals surface area (Å²) in [6.45, 7) is 3.82. The molecule has 0 spiro atoms. The molecule has 0 aliphatic carbocycles. The van der Waals surface area contributed by atoms with Gasteiger partial charge in [-0.25, -0.2) is 4.98 Å². The second kappa shape index (κ2) is 5.61. The number of halogens is 1. The van der Waals surface area contributed by atoms with Gasteiger partial charge >= 0.3 is 0 Å². The van der Waals surface area contributed by atoms with E-state index >= 15 is 0 Å². The number of nitrogens with one attached hydrogen (secondary N) is 1. The van der Waals surface area contributed by atoms with Crippen molar-refractivity contribution in [3.63, 3.8) is 0 Å². The molecule has 2 aromatic rings. The first kappa shape index (κ1) is 11.8. The molecule has 0 radical (unpaired) electrons. The van der Waals surface area contributed by atoms with Gasteiger partial charge in [-0.2, -0.15) is 0 Å². The van der Waals surface area contributed by atoms with Gasteiger partial charge in [0.2, 0.25) is 5.89 Å². The minimum Gasteiger partial charge on any atom is -0.438 e. The van der Waals surface area contributed by atoms with Crippen molar-refractivity contribution in [3.8, 4) is 10.6 Å². The van der Waals surface area contributed by atoms with Crippen LogP contribution < -0.4 is 5.32 Å². The van der Waals surface area contributed by atoms with E-state index in [1.807, 2.05) is 12.1 Å². The molecule has 0 aliphatic rings. The minimum absolute atomic E-state index is 0.695. The van der Waals surface area contributed by atoms with Crippen molar-refractivity contribution < 1.29 is 4.42 Å². The zero-order valence-electron chi connectivity index (χ0n) is 9.00. The van der Waals surface area contributed by atoms with Gasteiger partial charge in [0, 0.05) is 0 Å².